The van der Waals surface area contributed by atoms with Gasteiger partial charge in [0.25, 0.3) is 0 Å². The van der Waals surface area contributed by atoms with E-state index < -0.39 is 7.26 Å². The molecule has 1 unspecified atom stereocenters. The van der Waals surface area contributed by atoms with Gasteiger partial charge in [-0.25, -0.2) is 0 Å². The van der Waals surface area contributed by atoms with Gasteiger partial charge in [0.2, 0.25) is 0 Å². The molecule has 0 aromatic heterocycles. The molecule has 0 nitrogen and oxygen atoms in total. The summed E-state index contributed by atoms with van der Waals surface area (Å²) in [5.41, 5.74) is 0. The fraction of sp³-hybridized carbons (Fsp3) is 0.182. The van der Waals surface area contributed by atoms with E-state index >= 15 is 0 Å². The maximum absolute atomic E-state index is 2.72. The van der Waals surface area contributed by atoms with E-state index in [4.69, 9.17) is 0 Å². The van der Waals surface area contributed by atoms with Gasteiger partial charge in [-0.1, -0.05) is 67.9 Å². The fourth-order valence-electron chi connectivity index (χ4n) is 3.35. The zero-order chi connectivity index (χ0) is 16.8. The van der Waals surface area contributed by atoms with Crippen molar-refractivity contribution in [2.24, 2.45) is 0 Å². The van der Waals surface area contributed by atoms with Gasteiger partial charge in [-0.05, 0) is 65.4 Å². The zero-order valence-corrected chi connectivity index (χ0v) is 17.0. The lowest BCUT2D eigenvalue weighted by Gasteiger charge is -2.31. The quantitative estimate of drug-likeness (QED) is 0.266. The molecule has 0 radical (unpaired) electrons. The molecule has 3 aromatic carbocycles. The number of benzene rings is 3. The first-order valence-electron chi connectivity index (χ1n) is 8.49. The van der Waals surface area contributed by atoms with Crippen LogP contribution in [0.3, 0.4) is 0 Å². The first kappa shape index (κ1) is 17.6. The van der Waals surface area contributed by atoms with Crippen molar-refractivity contribution in [3.8, 4) is 0 Å². The topological polar surface area (TPSA) is 0 Å². The van der Waals surface area contributed by atoms with E-state index in [2.05, 4.69) is 121 Å². The molecule has 0 amide bonds. The van der Waals surface area contributed by atoms with E-state index in [1.165, 1.54) is 28.8 Å². The highest BCUT2D eigenvalue weighted by Gasteiger charge is 2.50. The van der Waals surface area contributed by atoms with Gasteiger partial charge in [0.15, 0.2) is 0 Å². The third-order valence-corrected chi connectivity index (χ3v) is 12.0. The number of halogens is 1. The Morgan fingerprint density at radius 3 is 1.29 bits per heavy atom. The molecule has 2 heteroatoms. The molecule has 0 aliphatic rings. The predicted octanol–water partition coefficient (Wildman–Crippen LogP) is 5.54. The first-order valence-corrected chi connectivity index (χ1v) is 11.6. The summed E-state index contributed by atoms with van der Waals surface area (Å²) in [4.78, 5) is 0. The van der Waals surface area contributed by atoms with Crippen LogP contribution in [-0.4, -0.2) is 3.67 Å². The molecule has 0 fully saturated rings. The summed E-state index contributed by atoms with van der Waals surface area (Å²) in [6.07, 6.45) is 2.44. The Bertz CT molecular complexity index is 644. The average molecular weight is 445 g/mol. The normalized spacial score (nSPS) is 12.8. The van der Waals surface area contributed by atoms with Crippen LogP contribution in [0.15, 0.2) is 91.0 Å². The third kappa shape index (κ3) is 3.30. The molecule has 0 N–H and O–H groups in total. The molecule has 122 valence electrons. The van der Waals surface area contributed by atoms with E-state index in [1.807, 2.05) is 0 Å². The van der Waals surface area contributed by atoms with Gasteiger partial charge in [0, 0.05) is 0 Å². The summed E-state index contributed by atoms with van der Waals surface area (Å²) in [6, 6.07) is 33.4. The number of alkyl halides is 1. The van der Waals surface area contributed by atoms with Gasteiger partial charge in [-0.3, -0.25) is 0 Å². The highest BCUT2D eigenvalue weighted by molar-refractivity contribution is 14.1. The van der Waals surface area contributed by atoms with Crippen LogP contribution in [0.1, 0.15) is 19.8 Å². The van der Waals surface area contributed by atoms with E-state index in [0.717, 1.165) is 0 Å². The summed E-state index contributed by atoms with van der Waals surface area (Å²) < 4.78 is 0.590. The van der Waals surface area contributed by atoms with Gasteiger partial charge >= 0.3 is 0 Å². The average Bonchev–Trinajstić information content (AvgIpc) is 2.65. The van der Waals surface area contributed by atoms with Gasteiger partial charge in [-0.2, -0.15) is 0 Å². The van der Waals surface area contributed by atoms with Crippen LogP contribution in [0, 0.1) is 0 Å². The smallest absolute Gasteiger partial charge is 0.0652 e. The van der Waals surface area contributed by atoms with Crippen molar-refractivity contribution in [3.63, 3.8) is 0 Å². The highest BCUT2D eigenvalue weighted by Crippen LogP contribution is 2.63. The van der Waals surface area contributed by atoms with Crippen LogP contribution in [0.5, 0.6) is 0 Å². The Morgan fingerprint density at radius 2 is 1.00 bits per heavy atom. The van der Waals surface area contributed by atoms with Crippen LogP contribution < -0.4 is 15.9 Å². The lowest BCUT2D eigenvalue weighted by Crippen LogP contribution is -2.36. The van der Waals surface area contributed by atoms with Gasteiger partial charge in [0.1, 0.15) is 26.8 Å². The maximum atomic E-state index is 2.72. The standard InChI is InChI=1S/C22H23IP/c1-2-12-22(23)24(19-13-6-3-7-14-19,20-15-8-4-9-16-20)21-17-10-5-11-18-21/h3-11,13-18,22H,2,12H2,1H3/q+1. The van der Waals surface area contributed by atoms with Gasteiger partial charge < -0.3 is 0 Å². The Hall–Kier alpha value is -1.18. The molecular weight excluding hydrogens is 422 g/mol. The third-order valence-electron chi connectivity index (χ3n) is 4.44. The largest absolute Gasteiger partial charge is 0.133 e. The predicted molar refractivity (Wildman–Crippen MR) is 118 cm³/mol. The SMILES string of the molecule is CCCC(I)[P+](c1ccccc1)(c1ccccc1)c1ccccc1. The summed E-state index contributed by atoms with van der Waals surface area (Å²) in [5, 5.41) is 4.45. The minimum atomic E-state index is -1.67. The number of hydrogen-bond acceptors (Lipinski definition) is 0. The van der Waals surface area contributed by atoms with Gasteiger partial charge in [0.05, 0.1) is 0 Å². The Balaban J connectivity index is 2.33. The van der Waals surface area contributed by atoms with Crippen molar-refractivity contribution in [3.05, 3.63) is 91.0 Å². The molecule has 0 bridgehead atoms. The summed E-state index contributed by atoms with van der Waals surface area (Å²) in [5.74, 6) is 0. The summed E-state index contributed by atoms with van der Waals surface area (Å²) in [7, 11) is -1.67. The van der Waals surface area contributed by atoms with Crippen LogP contribution in [-0.2, 0) is 0 Å². The maximum Gasteiger partial charge on any atom is 0.133 e. The highest BCUT2D eigenvalue weighted by atomic mass is 127. The Morgan fingerprint density at radius 1 is 0.667 bits per heavy atom. The second kappa shape index (κ2) is 8.27. The van der Waals surface area contributed by atoms with Crippen molar-refractivity contribution < 1.29 is 0 Å². The molecule has 1 atom stereocenters. The molecule has 0 aliphatic heterocycles. The van der Waals surface area contributed by atoms with Crippen molar-refractivity contribution in [2.75, 3.05) is 0 Å². The fourth-order valence-corrected chi connectivity index (χ4v) is 11.3. The minimum absolute atomic E-state index is 0.590. The van der Waals surface area contributed by atoms with E-state index in [0.29, 0.717) is 3.67 Å². The van der Waals surface area contributed by atoms with Crippen molar-refractivity contribution in [1.29, 1.82) is 0 Å². The summed E-state index contributed by atoms with van der Waals surface area (Å²) in [6.45, 7) is 2.29. The van der Waals surface area contributed by atoms with Gasteiger partial charge in [-0.15, -0.1) is 0 Å². The summed E-state index contributed by atoms with van der Waals surface area (Å²) >= 11 is 2.72. The molecule has 24 heavy (non-hydrogen) atoms. The molecule has 0 saturated carbocycles. The molecule has 0 spiro atoms. The lowest BCUT2D eigenvalue weighted by atomic mass is 10.3. The second-order valence-electron chi connectivity index (χ2n) is 5.95. The van der Waals surface area contributed by atoms with E-state index in [1.54, 1.807) is 0 Å². The Kier molecular flexibility index (Phi) is 6.08. The van der Waals surface area contributed by atoms with Crippen LogP contribution in [0.2, 0.25) is 0 Å². The van der Waals surface area contributed by atoms with Crippen molar-refractivity contribution >= 4 is 45.8 Å². The molecule has 3 rings (SSSR count). The second-order valence-corrected chi connectivity index (χ2v) is 12.1. The van der Waals surface area contributed by atoms with E-state index in [9.17, 15) is 0 Å². The van der Waals surface area contributed by atoms with Crippen LogP contribution in [0.4, 0.5) is 0 Å². The van der Waals surface area contributed by atoms with E-state index in [-0.39, 0.29) is 0 Å². The molecule has 0 heterocycles. The molecule has 3 aromatic rings. The van der Waals surface area contributed by atoms with Crippen LogP contribution >= 0.6 is 29.9 Å². The number of hydrogen-bond donors (Lipinski definition) is 0. The van der Waals surface area contributed by atoms with Crippen LogP contribution in [0.25, 0.3) is 0 Å². The Labute approximate surface area is 159 Å². The first-order chi connectivity index (χ1) is 11.8. The lowest BCUT2D eigenvalue weighted by molar-refractivity contribution is 0.878. The zero-order valence-electron chi connectivity index (χ0n) is 14.0. The van der Waals surface area contributed by atoms with Crippen molar-refractivity contribution in [1.82, 2.24) is 0 Å². The van der Waals surface area contributed by atoms with Crippen molar-refractivity contribution in [2.45, 2.75) is 23.4 Å². The molecule has 0 saturated heterocycles. The number of rotatable bonds is 6. The molecule has 0 aliphatic carbocycles. The monoisotopic (exact) mass is 445 g/mol. The minimum Gasteiger partial charge on any atom is -0.0652 e. The molecular formula is C22H23IP+.